The van der Waals surface area contributed by atoms with E-state index in [1.165, 1.54) is 12.4 Å². The van der Waals surface area contributed by atoms with Gasteiger partial charge < -0.3 is 15.0 Å². The number of anilines is 1. The molecule has 2 atom stereocenters. The molecule has 1 saturated carbocycles. The van der Waals surface area contributed by atoms with Gasteiger partial charge in [0.05, 0.1) is 34.1 Å². The fourth-order valence-electron chi connectivity index (χ4n) is 4.21. The zero-order chi connectivity index (χ0) is 22.3. The molecule has 0 spiro atoms. The Morgan fingerprint density at radius 3 is 2.55 bits per heavy atom. The van der Waals surface area contributed by atoms with Crippen molar-refractivity contribution in [2.45, 2.75) is 51.1 Å². The number of rotatable bonds is 6. The zero-order valence-corrected chi connectivity index (χ0v) is 18.6. The topological polar surface area (TPSA) is 57.7 Å². The summed E-state index contributed by atoms with van der Waals surface area (Å²) in [5.74, 6) is -0.179. The van der Waals surface area contributed by atoms with Crippen molar-refractivity contribution >= 4 is 33.3 Å². The molecule has 0 radical (unpaired) electrons. The number of halogens is 3. The van der Waals surface area contributed by atoms with Crippen molar-refractivity contribution in [3.63, 3.8) is 0 Å². The van der Waals surface area contributed by atoms with Crippen molar-refractivity contribution in [1.29, 1.82) is 0 Å². The molecule has 2 fully saturated rings. The van der Waals surface area contributed by atoms with Crippen LogP contribution in [-0.2, 0) is 10.9 Å². The van der Waals surface area contributed by atoms with Gasteiger partial charge >= 0.3 is 6.18 Å². The van der Waals surface area contributed by atoms with E-state index in [0.717, 1.165) is 36.8 Å². The maximum atomic E-state index is 13.8. The molecule has 1 aliphatic heterocycles. The van der Waals surface area contributed by atoms with Crippen LogP contribution < -0.4 is 10.2 Å². The number of nitrogens with one attached hydrogen (secondary N) is 1. The van der Waals surface area contributed by atoms with Gasteiger partial charge in [-0.3, -0.25) is 9.69 Å². The summed E-state index contributed by atoms with van der Waals surface area (Å²) in [6.45, 7) is 6.74. The Balaban J connectivity index is 1.61. The second kappa shape index (κ2) is 8.55. The van der Waals surface area contributed by atoms with Crippen LogP contribution in [0.25, 0.3) is 10.2 Å². The number of carbonyl (C=O) groups excluding carboxylic acids is 1. The molecule has 1 N–H and O–H groups in total. The number of hydrogen-bond acceptors (Lipinski definition) is 6. The first-order valence-corrected chi connectivity index (χ1v) is 11.4. The Bertz CT molecular complexity index is 948. The lowest BCUT2D eigenvalue weighted by Crippen LogP contribution is -2.57. The molecule has 31 heavy (non-hydrogen) atoms. The molecular formula is C21H27F3N4O2S. The van der Waals surface area contributed by atoms with Crippen LogP contribution in [0.1, 0.15) is 42.6 Å². The van der Waals surface area contributed by atoms with Gasteiger partial charge in [-0.05, 0) is 32.8 Å². The Morgan fingerprint density at radius 2 is 1.97 bits per heavy atom. The highest BCUT2D eigenvalue weighted by Crippen LogP contribution is 2.40. The van der Waals surface area contributed by atoms with Crippen molar-refractivity contribution < 1.29 is 22.7 Å². The van der Waals surface area contributed by atoms with Crippen LogP contribution in [0.15, 0.2) is 11.4 Å². The monoisotopic (exact) mass is 456 g/mol. The number of amides is 1. The third kappa shape index (κ3) is 4.65. The van der Waals surface area contributed by atoms with Crippen LogP contribution in [0.2, 0.25) is 0 Å². The number of piperazine rings is 1. The number of nitrogens with zero attached hydrogens (tertiary/aromatic N) is 3. The van der Waals surface area contributed by atoms with E-state index in [0.29, 0.717) is 25.8 Å². The highest BCUT2D eigenvalue weighted by atomic mass is 32.1. The van der Waals surface area contributed by atoms with Gasteiger partial charge in [0, 0.05) is 44.1 Å². The molecule has 170 valence electrons. The molecule has 0 aromatic carbocycles. The van der Waals surface area contributed by atoms with Crippen molar-refractivity contribution in [3.8, 4) is 0 Å². The number of carbonyl (C=O) groups is 1. The predicted octanol–water partition coefficient (Wildman–Crippen LogP) is 3.75. The van der Waals surface area contributed by atoms with Crippen LogP contribution in [0.4, 0.5) is 19.0 Å². The SMILES string of the molecule is CNC(=O)c1csc2c(C(F)(F)F)cc(N3C[C@@H](C)N(CCOC4CC4)[C@@H](C)C3)nc12. The van der Waals surface area contributed by atoms with Crippen LogP contribution in [-0.4, -0.2) is 67.3 Å². The van der Waals surface area contributed by atoms with E-state index in [2.05, 4.69) is 29.0 Å². The summed E-state index contributed by atoms with van der Waals surface area (Å²) in [5, 5.41) is 3.93. The van der Waals surface area contributed by atoms with Crippen LogP contribution in [0, 0.1) is 0 Å². The fraction of sp³-hybridized carbons (Fsp3) is 0.619. The molecule has 4 rings (SSSR count). The second-order valence-electron chi connectivity index (χ2n) is 8.34. The second-order valence-corrected chi connectivity index (χ2v) is 9.22. The van der Waals surface area contributed by atoms with E-state index in [9.17, 15) is 18.0 Å². The molecule has 2 aromatic rings. The molecule has 2 aromatic heterocycles. The molecule has 2 aliphatic rings. The van der Waals surface area contributed by atoms with Gasteiger partial charge in [-0.25, -0.2) is 4.98 Å². The standard InChI is InChI=1S/C21H27F3N4O2S/c1-12-9-27(10-13(2)28(12)6-7-30-14-4-5-14)17-8-16(21(22,23)24)19-18(26-17)15(11-31-19)20(29)25-3/h8,11-14H,4-7,9-10H2,1-3H3,(H,25,29)/t12-,13+. The summed E-state index contributed by atoms with van der Waals surface area (Å²) in [5.41, 5.74) is -0.463. The minimum Gasteiger partial charge on any atom is -0.377 e. The van der Waals surface area contributed by atoms with Crippen LogP contribution in [0.5, 0.6) is 0 Å². The number of hydrogen-bond donors (Lipinski definition) is 1. The first kappa shape index (κ1) is 22.3. The minimum atomic E-state index is -4.53. The van der Waals surface area contributed by atoms with E-state index >= 15 is 0 Å². The summed E-state index contributed by atoms with van der Waals surface area (Å²) in [6, 6.07) is 1.40. The molecule has 1 aliphatic carbocycles. The average Bonchev–Trinajstić information content (AvgIpc) is 3.44. The normalized spacial score (nSPS) is 22.8. The Kier molecular flexibility index (Phi) is 6.15. The van der Waals surface area contributed by atoms with Crippen LogP contribution in [0.3, 0.4) is 0 Å². The highest BCUT2D eigenvalue weighted by Gasteiger charge is 2.37. The van der Waals surface area contributed by atoms with Crippen molar-refractivity contribution in [1.82, 2.24) is 15.2 Å². The lowest BCUT2D eigenvalue weighted by Gasteiger charge is -2.45. The fourth-order valence-corrected chi connectivity index (χ4v) is 5.23. The molecule has 6 nitrogen and oxygen atoms in total. The largest absolute Gasteiger partial charge is 0.417 e. The van der Waals surface area contributed by atoms with Gasteiger partial charge in [-0.15, -0.1) is 11.3 Å². The number of aromatic nitrogens is 1. The predicted molar refractivity (Wildman–Crippen MR) is 115 cm³/mol. The number of pyridine rings is 1. The minimum absolute atomic E-state index is 0.00759. The van der Waals surface area contributed by atoms with Crippen molar-refractivity contribution in [2.24, 2.45) is 0 Å². The van der Waals surface area contributed by atoms with E-state index in [1.54, 1.807) is 0 Å². The summed E-state index contributed by atoms with van der Waals surface area (Å²) in [7, 11) is 1.45. The van der Waals surface area contributed by atoms with E-state index in [-0.39, 0.29) is 33.7 Å². The van der Waals surface area contributed by atoms with E-state index < -0.39 is 17.6 Å². The lowest BCUT2D eigenvalue weighted by atomic mass is 10.1. The Hall–Kier alpha value is -1.91. The average molecular weight is 457 g/mol. The number of thiophene rings is 1. The smallest absolute Gasteiger partial charge is 0.377 e. The molecule has 1 amide bonds. The molecule has 10 heteroatoms. The van der Waals surface area contributed by atoms with E-state index in [1.807, 2.05) is 4.90 Å². The highest BCUT2D eigenvalue weighted by molar-refractivity contribution is 7.17. The maximum Gasteiger partial charge on any atom is 0.417 e. The van der Waals surface area contributed by atoms with E-state index in [4.69, 9.17) is 4.74 Å². The number of ether oxygens (including phenoxy) is 1. The van der Waals surface area contributed by atoms with Gasteiger partial charge in [0.15, 0.2) is 0 Å². The Labute approximate surface area is 183 Å². The van der Waals surface area contributed by atoms with Crippen LogP contribution >= 0.6 is 11.3 Å². The quantitative estimate of drug-likeness (QED) is 0.718. The first-order valence-electron chi connectivity index (χ1n) is 10.5. The summed E-state index contributed by atoms with van der Waals surface area (Å²) in [6.07, 6.45) is -1.85. The summed E-state index contributed by atoms with van der Waals surface area (Å²) >= 11 is 0.900. The molecule has 0 unspecified atom stereocenters. The van der Waals surface area contributed by atoms with Gasteiger partial charge in [0.25, 0.3) is 5.91 Å². The lowest BCUT2D eigenvalue weighted by molar-refractivity contribution is -0.136. The number of fused-ring (bicyclic) bond motifs is 1. The first-order chi connectivity index (χ1) is 14.7. The van der Waals surface area contributed by atoms with Crippen molar-refractivity contribution in [3.05, 3.63) is 22.6 Å². The molecule has 0 bridgehead atoms. The summed E-state index contributed by atoms with van der Waals surface area (Å²) in [4.78, 5) is 20.9. The maximum absolute atomic E-state index is 13.8. The van der Waals surface area contributed by atoms with Crippen molar-refractivity contribution in [2.75, 3.05) is 38.2 Å². The summed E-state index contributed by atoms with van der Waals surface area (Å²) < 4.78 is 47.2. The molecule has 3 heterocycles. The Morgan fingerprint density at radius 1 is 1.29 bits per heavy atom. The van der Waals surface area contributed by atoms with Gasteiger partial charge in [0.1, 0.15) is 5.82 Å². The van der Waals surface area contributed by atoms with Gasteiger partial charge in [0.2, 0.25) is 0 Å². The molecular weight excluding hydrogens is 429 g/mol. The molecule has 1 saturated heterocycles. The van der Waals surface area contributed by atoms with Gasteiger partial charge in [-0.2, -0.15) is 13.2 Å². The van der Waals surface area contributed by atoms with Gasteiger partial charge in [-0.1, -0.05) is 0 Å². The number of alkyl halides is 3. The zero-order valence-electron chi connectivity index (χ0n) is 17.8. The third-order valence-electron chi connectivity index (χ3n) is 5.94. The third-order valence-corrected chi connectivity index (χ3v) is 6.94.